The summed E-state index contributed by atoms with van der Waals surface area (Å²) in [5.74, 6) is 0.386. The summed E-state index contributed by atoms with van der Waals surface area (Å²) in [6, 6.07) is 7.12. The first-order valence-electron chi connectivity index (χ1n) is 7.53. The highest BCUT2D eigenvalue weighted by atomic mass is 32.2. The van der Waals surface area contributed by atoms with Crippen LogP contribution in [0, 0.1) is 5.92 Å². The molecule has 4 atom stereocenters. The monoisotopic (exact) mass is 308 g/mol. The Bertz CT molecular complexity index is 533. The van der Waals surface area contributed by atoms with Crippen molar-refractivity contribution < 1.29 is 9.00 Å². The molecule has 1 saturated carbocycles. The standard InChI is InChI=1S/C16H24N2O2S/c1-11-6-5-7-13(10-11)21(20)12(2)16(19)18-15-9-4-3-8-14(15)17/h3-4,8-9,11-13H,5-7,10,17H2,1-2H3,(H,18,19). The Morgan fingerprint density at radius 2 is 2.10 bits per heavy atom. The molecule has 1 aromatic carbocycles. The smallest absolute Gasteiger partial charge is 0.239 e. The Morgan fingerprint density at radius 1 is 1.38 bits per heavy atom. The van der Waals surface area contributed by atoms with Crippen molar-refractivity contribution in [3.05, 3.63) is 24.3 Å². The van der Waals surface area contributed by atoms with Crippen molar-refractivity contribution in [1.29, 1.82) is 0 Å². The maximum atomic E-state index is 12.6. The molecule has 0 aliphatic heterocycles. The topological polar surface area (TPSA) is 72.2 Å². The van der Waals surface area contributed by atoms with Crippen molar-refractivity contribution in [2.24, 2.45) is 5.92 Å². The normalized spacial score (nSPS) is 25.0. The molecule has 21 heavy (non-hydrogen) atoms. The highest BCUT2D eigenvalue weighted by Gasteiger charge is 2.30. The molecule has 2 rings (SSSR count). The van der Waals surface area contributed by atoms with Crippen LogP contribution < -0.4 is 11.1 Å². The Balaban J connectivity index is 1.98. The van der Waals surface area contributed by atoms with Crippen LogP contribution in [0.5, 0.6) is 0 Å². The number of hydrogen-bond acceptors (Lipinski definition) is 3. The zero-order valence-corrected chi connectivity index (χ0v) is 13.5. The zero-order chi connectivity index (χ0) is 15.4. The van der Waals surface area contributed by atoms with Crippen molar-refractivity contribution in [3.8, 4) is 0 Å². The van der Waals surface area contributed by atoms with Crippen molar-refractivity contribution in [3.63, 3.8) is 0 Å². The van der Waals surface area contributed by atoms with Gasteiger partial charge in [-0.2, -0.15) is 0 Å². The van der Waals surface area contributed by atoms with E-state index >= 15 is 0 Å². The number of hydrogen-bond donors (Lipinski definition) is 2. The molecule has 0 saturated heterocycles. The van der Waals surface area contributed by atoms with Gasteiger partial charge in [0.25, 0.3) is 0 Å². The van der Waals surface area contributed by atoms with Crippen LogP contribution in [-0.2, 0) is 15.6 Å². The average molecular weight is 308 g/mol. The molecule has 0 spiro atoms. The van der Waals surface area contributed by atoms with Crippen LogP contribution in [0.25, 0.3) is 0 Å². The lowest BCUT2D eigenvalue weighted by Gasteiger charge is -2.28. The Hall–Kier alpha value is -1.36. The van der Waals surface area contributed by atoms with Crippen molar-refractivity contribution in [2.75, 3.05) is 11.1 Å². The second kappa shape index (κ2) is 7.07. The maximum absolute atomic E-state index is 12.6. The largest absolute Gasteiger partial charge is 0.397 e. The van der Waals surface area contributed by atoms with Crippen molar-refractivity contribution in [1.82, 2.24) is 0 Å². The molecule has 0 radical (unpaired) electrons. The molecule has 4 unspecified atom stereocenters. The van der Waals surface area contributed by atoms with E-state index in [9.17, 15) is 9.00 Å². The fourth-order valence-electron chi connectivity index (χ4n) is 2.83. The number of carbonyl (C=O) groups excluding carboxylic acids is 1. The minimum Gasteiger partial charge on any atom is -0.397 e. The minimum atomic E-state index is -1.14. The zero-order valence-electron chi connectivity index (χ0n) is 12.7. The van der Waals surface area contributed by atoms with E-state index in [0.29, 0.717) is 17.3 Å². The van der Waals surface area contributed by atoms with Crippen LogP contribution in [0.4, 0.5) is 11.4 Å². The molecule has 0 aromatic heterocycles. The number of para-hydroxylation sites is 2. The summed E-state index contributed by atoms with van der Waals surface area (Å²) in [6.45, 7) is 3.93. The van der Waals surface area contributed by atoms with Gasteiger partial charge in [-0.25, -0.2) is 0 Å². The number of benzene rings is 1. The van der Waals surface area contributed by atoms with E-state index in [-0.39, 0.29) is 11.2 Å². The average Bonchev–Trinajstić information content (AvgIpc) is 2.48. The van der Waals surface area contributed by atoms with Gasteiger partial charge in [-0.1, -0.05) is 31.9 Å². The summed E-state index contributed by atoms with van der Waals surface area (Å²) in [7, 11) is -1.14. The molecule has 0 heterocycles. The summed E-state index contributed by atoms with van der Waals surface area (Å²) in [4.78, 5) is 12.3. The van der Waals surface area contributed by atoms with Gasteiger partial charge in [0.15, 0.2) is 0 Å². The molecule has 1 amide bonds. The molecule has 0 bridgehead atoms. The van der Waals surface area contributed by atoms with E-state index < -0.39 is 16.0 Å². The summed E-state index contributed by atoms with van der Waals surface area (Å²) < 4.78 is 12.6. The number of rotatable bonds is 4. The lowest BCUT2D eigenvalue weighted by atomic mass is 9.91. The van der Waals surface area contributed by atoms with Crippen LogP contribution in [-0.4, -0.2) is 20.6 Å². The van der Waals surface area contributed by atoms with E-state index in [1.807, 2.05) is 12.1 Å². The number of nitrogens with two attached hydrogens (primary N) is 1. The number of carbonyl (C=O) groups is 1. The summed E-state index contributed by atoms with van der Waals surface area (Å²) in [5, 5.41) is 2.41. The van der Waals surface area contributed by atoms with Crippen molar-refractivity contribution >= 4 is 28.1 Å². The van der Waals surface area contributed by atoms with Crippen LogP contribution in [0.3, 0.4) is 0 Å². The fourth-order valence-corrected chi connectivity index (χ4v) is 4.59. The Kier molecular flexibility index (Phi) is 5.39. The van der Waals surface area contributed by atoms with Crippen LogP contribution in [0.1, 0.15) is 39.5 Å². The van der Waals surface area contributed by atoms with Gasteiger partial charge < -0.3 is 11.1 Å². The molecule has 1 aliphatic rings. The third-order valence-corrected chi connectivity index (χ3v) is 6.15. The first-order chi connectivity index (χ1) is 9.99. The number of anilines is 2. The van der Waals surface area contributed by atoms with Gasteiger partial charge in [-0.15, -0.1) is 0 Å². The summed E-state index contributed by atoms with van der Waals surface area (Å²) in [5.41, 5.74) is 6.93. The first kappa shape index (κ1) is 16.0. The van der Waals surface area contributed by atoms with Gasteiger partial charge in [0, 0.05) is 16.0 Å². The van der Waals surface area contributed by atoms with E-state index in [1.165, 1.54) is 6.42 Å². The summed E-state index contributed by atoms with van der Waals surface area (Å²) in [6.07, 6.45) is 4.23. The van der Waals surface area contributed by atoms with Gasteiger partial charge in [0.05, 0.1) is 11.4 Å². The highest BCUT2D eigenvalue weighted by Crippen LogP contribution is 2.28. The van der Waals surface area contributed by atoms with Crippen LogP contribution in [0.15, 0.2) is 24.3 Å². The molecule has 1 aromatic rings. The fraction of sp³-hybridized carbons (Fsp3) is 0.562. The lowest BCUT2D eigenvalue weighted by Crippen LogP contribution is -2.36. The second-order valence-corrected chi connectivity index (χ2v) is 7.97. The molecule has 4 nitrogen and oxygen atoms in total. The molecular formula is C16H24N2O2S. The minimum absolute atomic E-state index is 0.141. The highest BCUT2D eigenvalue weighted by molar-refractivity contribution is 7.87. The maximum Gasteiger partial charge on any atom is 0.239 e. The summed E-state index contributed by atoms with van der Waals surface area (Å²) >= 11 is 0. The van der Waals surface area contributed by atoms with E-state index in [0.717, 1.165) is 19.3 Å². The predicted molar refractivity (Wildman–Crippen MR) is 88.5 cm³/mol. The third-order valence-electron chi connectivity index (χ3n) is 4.15. The van der Waals surface area contributed by atoms with Gasteiger partial charge in [0.2, 0.25) is 5.91 Å². The second-order valence-electron chi connectivity index (χ2n) is 5.94. The van der Waals surface area contributed by atoms with Gasteiger partial charge in [0.1, 0.15) is 5.25 Å². The number of nitrogen functional groups attached to an aromatic ring is 1. The van der Waals surface area contributed by atoms with Gasteiger partial charge >= 0.3 is 0 Å². The van der Waals surface area contributed by atoms with Gasteiger partial charge in [-0.3, -0.25) is 9.00 Å². The van der Waals surface area contributed by atoms with Crippen LogP contribution in [0.2, 0.25) is 0 Å². The SMILES string of the molecule is CC1CCCC(S(=O)C(C)C(=O)Nc2ccccc2N)C1. The quantitative estimate of drug-likeness (QED) is 0.840. The molecular weight excluding hydrogens is 284 g/mol. The molecule has 1 aliphatic carbocycles. The van der Waals surface area contributed by atoms with E-state index in [2.05, 4.69) is 12.2 Å². The van der Waals surface area contributed by atoms with Gasteiger partial charge in [-0.05, 0) is 37.8 Å². The van der Waals surface area contributed by atoms with Crippen molar-refractivity contribution in [2.45, 2.75) is 50.0 Å². The number of nitrogens with one attached hydrogen (secondary N) is 1. The molecule has 116 valence electrons. The Morgan fingerprint density at radius 3 is 2.76 bits per heavy atom. The Labute approximate surface area is 129 Å². The van der Waals surface area contributed by atoms with E-state index in [1.54, 1.807) is 19.1 Å². The predicted octanol–water partition coefficient (Wildman–Crippen LogP) is 2.92. The van der Waals surface area contributed by atoms with E-state index in [4.69, 9.17) is 5.73 Å². The number of amides is 1. The molecule has 1 fully saturated rings. The first-order valence-corrected chi connectivity index (χ1v) is 8.81. The third kappa shape index (κ3) is 4.06. The molecule has 3 N–H and O–H groups in total. The molecule has 5 heteroatoms. The van der Waals surface area contributed by atoms with Crippen LogP contribution >= 0.6 is 0 Å². The lowest BCUT2D eigenvalue weighted by molar-refractivity contribution is -0.115.